The highest BCUT2D eigenvalue weighted by molar-refractivity contribution is 5.70. The van der Waals surface area contributed by atoms with Gasteiger partial charge in [0.25, 0.3) is 0 Å². The lowest BCUT2D eigenvalue weighted by Crippen LogP contribution is -2.17. The molecule has 1 N–H and O–H groups in total. The largest absolute Gasteiger partial charge is 0.508 e. The molecule has 0 radical (unpaired) electrons. The van der Waals surface area contributed by atoms with Crippen LogP contribution in [0.5, 0.6) is 5.75 Å². The number of carbonyl (C=O) groups excluding carboxylic acids is 1. The van der Waals surface area contributed by atoms with Crippen molar-refractivity contribution >= 4 is 5.97 Å². The zero-order valence-electron chi connectivity index (χ0n) is 12.2. The molecule has 0 aliphatic rings. The predicted molar refractivity (Wildman–Crippen MR) is 74.5 cm³/mol. The molecule has 0 heterocycles. The van der Waals surface area contributed by atoms with Crippen molar-refractivity contribution in [3.05, 3.63) is 29.8 Å². The molecule has 1 aromatic rings. The maximum atomic E-state index is 11.8. The molecule has 5 nitrogen and oxygen atoms in total. The molecule has 1 aromatic carbocycles. The van der Waals surface area contributed by atoms with Crippen molar-refractivity contribution < 1.29 is 24.1 Å². The van der Waals surface area contributed by atoms with Crippen LogP contribution in [0.15, 0.2) is 24.3 Å². The first-order valence-corrected chi connectivity index (χ1v) is 6.62. The summed E-state index contributed by atoms with van der Waals surface area (Å²) in [6, 6.07) is 6.59. The molecule has 0 amide bonds. The van der Waals surface area contributed by atoms with E-state index in [-0.39, 0.29) is 24.2 Å². The Hall–Kier alpha value is -1.59. The number of methoxy groups -OCH3 is 1. The fraction of sp³-hybridized carbons (Fsp3) is 0.533. The van der Waals surface area contributed by atoms with Crippen LogP contribution in [0.3, 0.4) is 0 Å². The third-order valence-electron chi connectivity index (χ3n) is 2.59. The van der Waals surface area contributed by atoms with E-state index in [1.54, 1.807) is 45.2 Å². The van der Waals surface area contributed by atoms with Gasteiger partial charge in [-0.2, -0.15) is 0 Å². The minimum Gasteiger partial charge on any atom is -0.508 e. The number of rotatable bonds is 8. The maximum Gasteiger partial charge on any atom is 0.309 e. The highest BCUT2D eigenvalue weighted by Crippen LogP contribution is 2.24. The molecule has 0 saturated heterocycles. The van der Waals surface area contributed by atoms with Gasteiger partial charge in [0, 0.05) is 7.11 Å². The summed E-state index contributed by atoms with van der Waals surface area (Å²) in [5.41, 5.74) is 0.819. The Morgan fingerprint density at radius 1 is 1.20 bits per heavy atom. The van der Waals surface area contributed by atoms with Gasteiger partial charge in [-0.05, 0) is 31.5 Å². The van der Waals surface area contributed by atoms with Gasteiger partial charge in [0.05, 0.1) is 31.8 Å². The van der Waals surface area contributed by atoms with Gasteiger partial charge in [-0.25, -0.2) is 0 Å². The van der Waals surface area contributed by atoms with E-state index in [4.69, 9.17) is 14.2 Å². The average Bonchev–Trinajstić information content (AvgIpc) is 2.38. The quantitative estimate of drug-likeness (QED) is 0.586. The second kappa shape index (κ2) is 8.55. The standard InChI is InChI=1S/C15H22O5/c1-11(2)20-15(17)10-14(19-9-8-18-3)12-4-6-13(16)7-5-12/h4-7,11,14,16H,8-10H2,1-3H3. The van der Waals surface area contributed by atoms with Crippen molar-refractivity contribution in [1.29, 1.82) is 0 Å². The molecule has 0 aliphatic carbocycles. The molecule has 0 bridgehead atoms. The summed E-state index contributed by atoms with van der Waals surface area (Å²) in [6.45, 7) is 4.45. The first kappa shape index (κ1) is 16.5. The molecule has 5 heteroatoms. The number of ether oxygens (including phenoxy) is 3. The van der Waals surface area contributed by atoms with Crippen LogP contribution in [-0.4, -0.2) is 37.5 Å². The van der Waals surface area contributed by atoms with E-state index < -0.39 is 6.10 Å². The number of benzene rings is 1. The second-order valence-corrected chi connectivity index (χ2v) is 4.69. The van der Waals surface area contributed by atoms with Crippen LogP contribution >= 0.6 is 0 Å². The monoisotopic (exact) mass is 282 g/mol. The number of hydrogen-bond acceptors (Lipinski definition) is 5. The lowest BCUT2D eigenvalue weighted by atomic mass is 10.1. The minimum absolute atomic E-state index is 0.132. The van der Waals surface area contributed by atoms with Crippen molar-refractivity contribution in [1.82, 2.24) is 0 Å². The summed E-state index contributed by atoms with van der Waals surface area (Å²) in [7, 11) is 1.59. The molecule has 0 fully saturated rings. The average molecular weight is 282 g/mol. The second-order valence-electron chi connectivity index (χ2n) is 4.69. The van der Waals surface area contributed by atoms with Crippen LogP contribution < -0.4 is 0 Å². The highest BCUT2D eigenvalue weighted by atomic mass is 16.5. The fourth-order valence-corrected chi connectivity index (χ4v) is 1.70. The van der Waals surface area contributed by atoms with Gasteiger partial charge in [-0.15, -0.1) is 0 Å². The first-order chi connectivity index (χ1) is 9.52. The molecule has 0 saturated carbocycles. The number of phenolic OH excluding ortho intramolecular Hbond substituents is 1. The van der Waals surface area contributed by atoms with E-state index in [1.165, 1.54) is 0 Å². The summed E-state index contributed by atoms with van der Waals surface area (Å²) in [5, 5.41) is 9.30. The van der Waals surface area contributed by atoms with Crippen molar-refractivity contribution in [3.63, 3.8) is 0 Å². The Morgan fingerprint density at radius 2 is 1.85 bits per heavy atom. The van der Waals surface area contributed by atoms with Gasteiger partial charge >= 0.3 is 5.97 Å². The van der Waals surface area contributed by atoms with Crippen LogP contribution in [0.1, 0.15) is 31.9 Å². The SMILES string of the molecule is COCCOC(CC(=O)OC(C)C)c1ccc(O)cc1. The molecular formula is C15H22O5. The van der Waals surface area contributed by atoms with Gasteiger partial charge in [-0.3, -0.25) is 4.79 Å². The van der Waals surface area contributed by atoms with Crippen molar-refractivity contribution in [2.75, 3.05) is 20.3 Å². The Labute approximate surface area is 119 Å². The number of carbonyl (C=O) groups is 1. The first-order valence-electron chi connectivity index (χ1n) is 6.62. The third-order valence-corrected chi connectivity index (χ3v) is 2.59. The van der Waals surface area contributed by atoms with E-state index in [1.807, 2.05) is 0 Å². The molecule has 0 aliphatic heterocycles. The van der Waals surface area contributed by atoms with Gasteiger partial charge < -0.3 is 19.3 Å². The lowest BCUT2D eigenvalue weighted by Gasteiger charge is -2.18. The van der Waals surface area contributed by atoms with Crippen LogP contribution in [0, 0.1) is 0 Å². The normalized spacial score (nSPS) is 12.4. The van der Waals surface area contributed by atoms with Crippen molar-refractivity contribution in [2.24, 2.45) is 0 Å². The maximum absolute atomic E-state index is 11.8. The molecule has 20 heavy (non-hydrogen) atoms. The predicted octanol–water partition coefficient (Wildman–Crippen LogP) is 2.44. The lowest BCUT2D eigenvalue weighted by molar-refractivity contribution is -0.151. The Balaban J connectivity index is 2.68. The van der Waals surface area contributed by atoms with Gasteiger partial charge in [0.1, 0.15) is 5.75 Å². The Morgan fingerprint density at radius 3 is 2.40 bits per heavy atom. The van der Waals surface area contributed by atoms with Crippen LogP contribution in [0.4, 0.5) is 0 Å². The van der Waals surface area contributed by atoms with E-state index in [9.17, 15) is 9.90 Å². The van der Waals surface area contributed by atoms with Gasteiger partial charge in [0.2, 0.25) is 0 Å². The molecule has 1 unspecified atom stereocenters. The topological polar surface area (TPSA) is 65.0 Å². The zero-order valence-corrected chi connectivity index (χ0v) is 12.2. The molecule has 112 valence electrons. The van der Waals surface area contributed by atoms with Crippen LogP contribution in [0.25, 0.3) is 0 Å². The number of hydrogen-bond donors (Lipinski definition) is 1. The Kier molecular flexibility index (Phi) is 7.04. The summed E-state index contributed by atoms with van der Waals surface area (Å²) in [4.78, 5) is 11.8. The van der Waals surface area contributed by atoms with E-state index in [2.05, 4.69) is 0 Å². The van der Waals surface area contributed by atoms with E-state index in [0.29, 0.717) is 13.2 Å². The number of aromatic hydroxyl groups is 1. The molecule has 0 aromatic heterocycles. The molecule has 0 spiro atoms. The van der Waals surface area contributed by atoms with Crippen molar-refractivity contribution in [3.8, 4) is 5.75 Å². The van der Waals surface area contributed by atoms with Gasteiger partial charge in [0.15, 0.2) is 0 Å². The minimum atomic E-state index is -0.406. The summed E-state index contributed by atoms with van der Waals surface area (Å²) < 4.78 is 15.7. The Bertz CT molecular complexity index is 399. The number of esters is 1. The number of phenols is 1. The molecular weight excluding hydrogens is 260 g/mol. The molecule has 1 atom stereocenters. The zero-order chi connectivity index (χ0) is 15.0. The van der Waals surface area contributed by atoms with Crippen molar-refractivity contribution in [2.45, 2.75) is 32.5 Å². The molecule has 1 rings (SSSR count). The smallest absolute Gasteiger partial charge is 0.309 e. The van der Waals surface area contributed by atoms with E-state index in [0.717, 1.165) is 5.56 Å². The van der Waals surface area contributed by atoms with Gasteiger partial charge in [-0.1, -0.05) is 12.1 Å². The fourth-order valence-electron chi connectivity index (χ4n) is 1.70. The van der Waals surface area contributed by atoms with Crippen LogP contribution in [-0.2, 0) is 19.0 Å². The summed E-state index contributed by atoms with van der Waals surface area (Å²) >= 11 is 0. The summed E-state index contributed by atoms with van der Waals surface area (Å²) in [6.07, 6.45) is -0.425. The van der Waals surface area contributed by atoms with E-state index >= 15 is 0 Å². The third kappa shape index (κ3) is 6.04. The highest BCUT2D eigenvalue weighted by Gasteiger charge is 2.18. The van der Waals surface area contributed by atoms with Crippen LogP contribution in [0.2, 0.25) is 0 Å². The summed E-state index contributed by atoms with van der Waals surface area (Å²) in [5.74, 6) is -0.135.